The van der Waals surface area contributed by atoms with E-state index in [1.165, 1.54) is 12.8 Å². The van der Waals surface area contributed by atoms with Gasteiger partial charge in [0.2, 0.25) is 5.95 Å². The molecule has 168 valence electrons. The summed E-state index contributed by atoms with van der Waals surface area (Å²) in [5.41, 5.74) is 1.72. The molecule has 0 unspecified atom stereocenters. The topological polar surface area (TPSA) is 88.1 Å². The van der Waals surface area contributed by atoms with Gasteiger partial charge in [0.15, 0.2) is 0 Å². The fraction of sp³-hybridized carbons (Fsp3) is 0.652. The predicted octanol–water partition coefficient (Wildman–Crippen LogP) is 4.12. The van der Waals surface area contributed by atoms with Gasteiger partial charge in [-0.05, 0) is 44.9 Å². The summed E-state index contributed by atoms with van der Waals surface area (Å²) < 4.78 is 5.53. The Labute approximate surface area is 185 Å². The minimum atomic E-state index is 0.372. The van der Waals surface area contributed by atoms with E-state index >= 15 is 0 Å². The number of methoxy groups -OCH3 is 1. The molecule has 1 aliphatic carbocycles. The molecule has 3 heterocycles. The van der Waals surface area contributed by atoms with Crippen molar-refractivity contribution in [2.45, 2.75) is 70.4 Å². The third-order valence-electron chi connectivity index (χ3n) is 6.28. The first-order valence-corrected chi connectivity index (χ1v) is 11.7. The highest BCUT2D eigenvalue weighted by Crippen LogP contribution is 2.30. The van der Waals surface area contributed by atoms with E-state index in [9.17, 15) is 0 Å². The Balaban J connectivity index is 1.57. The third-order valence-corrected chi connectivity index (χ3v) is 6.28. The molecule has 1 aliphatic heterocycles. The molecule has 8 nitrogen and oxygen atoms in total. The number of hydrogen-bond acceptors (Lipinski definition) is 8. The van der Waals surface area contributed by atoms with E-state index in [1.54, 1.807) is 7.11 Å². The fourth-order valence-electron chi connectivity index (χ4n) is 4.36. The predicted molar refractivity (Wildman–Crippen MR) is 125 cm³/mol. The number of hydrogen-bond donors (Lipinski definition) is 2. The monoisotopic (exact) mass is 425 g/mol. The van der Waals surface area contributed by atoms with E-state index in [-0.39, 0.29) is 0 Å². The minimum absolute atomic E-state index is 0.372. The normalized spacial score (nSPS) is 21.3. The quantitative estimate of drug-likeness (QED) is 0.580. The Bertz CT molecular complexity index is 832. The highest BCUT2D eigenvalue weighted by Gasteiger charge is 2.23. The molecule has 2 N–H and O–H groups in total. The van der Waals surface area contributed by atoms with Crippen molar-refractivity contribution in [2.75, 3.05) is 42.3 Å². The molecule has 0 spiro atoms. The van der Waals surface area contributed by atoms with Gasteiger partial charge in [-0.1, -0.05) is 13.3 Å². The molecular formula is C23H35N7O. The third kappa shape index (κ3) is 5.61. The summed E-state index contributed by atoms with van der Waals surface area (Å²) >= 11 is 0. The molecule has 1 saturated heterocycles. The summed E-state index contributed by atoms with van der Waals surface area (Å²) in [6.45, 7) is 5.14. The molecule has 0 radical (unpaired) electrons. The van der Waals surface area contributed by atoms with Crippen LogP contribution in [-0.2, 0) is 4.74 Å². The number of nitrogens with one attached hydrogen (secondary N) is 2. The average Bonchev–Trinajstić information content (AvgIpc) is 3.35. The summed E-state index contributed by atoms with van der Waals surface area (Å²) in [6, 6.07) is 0.373. The van der Waals surface area contributed by atoms with E-state index in [2.05, 4.69) is 32.4 Å². The maximum Gasteiger partial charge on any atom is 0.224 e. The zero-order valence-corrected chi connectivity index (χ0v) is 18.8. The molecule has 0 amide bonds. The molecular weight excluding hydrogens is 390 g/mol. The summed E-state index contributed by atoms with van der Waals surface area (Å²) in [5.74, 6) is 2.43. The van der Waals surface area contributed by atoms with E-state index in [4.69, 9.17) is 14.7 Å². The van der Waals surface area contributed by atoms with Crippen LogP contribution >= 0.6 is 0 Å². The zero-order valence-electron chi connectivity index (χ0n) is 18.8. The number of unbranched alkanes of at least 4 members (excludes halogenated alkanes) is 1. The maximum absolute atomic E-state index is 5.53. The SMILES string of the molecule is CCCCNc1ncc(-c2cncc(N3CCCC3)n2)c(N[C@H]2CC[C@H](OC)CC2)n1. The zero-order chi connectivity index (χ0) is 21.5. The van der Waals surface area contributed by atoms with Crippen LogP contribution in [-0.4, -0.2) is 58.8 Å². The van der Waals surface area contributed by atoms with Crippen LogP contribution in [0.15, 0.2) is 18.6 Å². The van der Waals surface area contributed by atoms with Crippen molar-refractivity contribution in [1.82, 2.24) is 19.9 Å². The van der Waals surface area contributed by atoms with Gasteiger partial charge in [0.05, 0.1) is 29.8 Å². The molecule has 2 aromatic heterocycles. The van der Waals surface area contributed by atoms with Crippen LogP contribution < -0.4 is 15.5 Å². The van der Waals surface area contributed by atoms with Crippen molar-refractivity contribution in [2.24, 2.45) is 0 Å². The van der Waals surface area contributed by atoms with E-state index < -0.39 is 0 Å². The lowest BCUT2D eigenvalue weighted by atomic mass is 9.93. The van der Waals surface area contributed by atoms with Crippen LogP contribution in [0.5, 0.6) is 0 Å². The molecule has 0 aromatic carbocycles. The van der Waals surface area contributed by atoms with Crippen LogP contribution in [0.1, 0.15) is 58.3 Å². The van der Waals surface area contributed by atoms with Gasteiger partial charge in [-0.3, -0.25) is 4.98 Å². The second kappa shape index (κ2) is 10.7. The van der Waals surface area contributed by atoms with Gasteiger partial charge in [0.1, 0.15) is 11.6 Å². The summed E-state index contributed by atoms with van der Waals surface area (Å²) in [7, 11) is 1.81. The van der Waals surface area contributed by atoms with Crippen molar-refractivity contribution in [3.63, 3.8) is 0 Å². The fourth-order valence-corrected chi connectivity index (χ4v) is 4.36. The first-order chi connectivity index (χ1) is 15.3. The molecule has 0 bridgehead atoms. The summed E-state index contributed by atoms with van der Waals surface area (Å²) in [4.78, 5) is 21.1. The number of rotatable bonds is 9. The number of ether oxygens (including phenoxy) is 1. The van der Waals surface area contributed by atoms with Gasteiger partial charge in [0.25, 0.3) is 0 Å². The minimum Gasteiger partial charge on any atom is -0.381 e. The molecule has 2 fully saturated rings. The molecule has 2 aliphatic rings. The Hall–Kier alpha value is -2.48. The lowest BCUT2D eigenvalue weighted by Crippen LogP contribution is -2.30. The average molecular weight is 426 g/mol. The number of anilines is 3. The van der Waals surface area contributed by atoms with Gasteiger partial charge < -0.3 is 20.3 Å². The van der Waals surface area contributed by atoms with E-state index in [1.807, 2.05) is 18.6 Å². The van der Waals surface area contributed by atoms with E-state index in [0.717, 1.165) is 81.1 Å². The highest BCUT2D eigenvalue weighted by atomic mass is 16.5. The first-order valence-electron chi connectivity index (χ1n) is 11.7. The van der Waals surface area contributed by atoms with Gasteiger partial charge in [-0.25, -0.2) is 9.97 Å². The maximum atomic E-state index is 5.53. The van der Waals surface area contributed by atoms with Crippen molar-refractivity contribution < 1.29 is 4.74 Å². The Morgan fingerprint density at radius 2 is 1.87 bits per heavy atom. The van der Waals surface area contributed by atoms with Crippen LogP contribution in [0.3, 0.4) is 0 Å². The second-order valence-corrected chi connectivity index (χ2v) is 8.55. The van der Waals surface area contributed by atoms with Crippen LogP contribution in [0.4, 0.5) is 17.6 Å². The van der Waals surface area contributed by atoms with Crippen molar-refractivity contribution in [3.05, 3.63) is 18.6 Å². The Morgan fingerprint density at radius 1 is 1.06 bits per heavy atom. The second-order valence-electron chi connectivity index (χ2n) is 8.55. The van der Waals surface area contributed by atoms with Gasteiger partial charge in [-0.2, -0.15) is 4.98 Å². The largest absolute Gasteiger partial charge is 0.381 e. The van der Waals surface area contributed by atoms with Gasteiger partial charge in [-0.15, -0.1) is 0 Å². The summed E-state index contributed by atoms with van der Waals surface area (Å²) in [5, 5.41) is 7.03. The standard InChI is InChI=1S/C23H35N7O/c1-3-4-11-25-23-26-14-19(20-15-24-16-21(28-20)30-12-5-6-13-30)22(29-23)27-17-7-9-18(31-2)10-8-17/h14-18H,3-13H2,1-2H3,(H2,25,26,27,29)/t17-,18-. The molecule has 31 heavy (non-hydrogen) atoms. The molecule has 1 saturated carbocycles. The molecule has 8 heteroatoms. The highest BCUT2D eigenvalue weighted by molar-refractivity contribution is 5.73. The lowest BCUT2D eigenvalue weighted by molar-refractivity contribution is 0.0681. The van der Waals surface area contributed by atoms with Crippen LogP contribution in [0, 0.1) is 0 Å². The van der Waals surface area contributed by atoms with Crippen molar-refractivity contribution in [3.8, 4) is 11.3 Å². The molecule has 0 atom stereocenters. The van der Waals surface area contributed by atoms with E-state index in [0.29, 0.717) is 18.1 Å². The first kappa shape index (κ1) is 21.7. The Morgan fingerprint density at radius 3 is 2.61 bits per heavy atom. The Kier molecular flexibility index (Phi) is 7.51. The van der Waals surface area contributed by atoms with Crippen molar-refractivity contribution >= 4 is 17.6 Å². The lowest BCUT2D eigenvalue weighted by Gasteiger charge is -2.29. The van der Waals surface area contributed by atoms with Gasteiger partial charge >= 0.3 is 0 Å². The van der Waals surface area contributed by atoms with Crippen LogP contribution in [0.25, 0.3) is 11.3 Å². The van der Waals surface area contributed by atoms with Crippen LogP contribution in [0.2, 0.25) is 0 Å². The number of aromatic nitrogens is 4. The number of nitrogens with zero attached hydrogens (tertiary/aromatic N) is 5. The smallest absolute Gasteiger partial charge is 0.224 e. The van der Waals surface area contributed by atoms with Gasteiger partial charge in [0, 0.05) is 39.0 Å². The summed E-state index contributed by atoms with van der Waals surface area (Å²) in [6.07, 6.45) is 14.9. The molecule has 4 rings (SSSR count). The van der Waals surface area contributed by atoms with Crippen molar-refractivity contribution in [1.29, 1.82) is 0 Å². The molecule has 2 aromatic rings.